The van der Waals surface area contributed by atoms with Gasteiger partial charge in [0.1, 0.15) is 23.7 Å². The van der Waals surface area contributed by atoms with Gasteiger partial charge in [-0.05, 0) is 100 Å². The highest BCUT2D eigenvalue weighted by molar-refractivity contribution is 5.64. The van der Waals surface area contributed by atoms with Gasteiger partial charge in [0.15, 0.2) is 11.5 Å². The molecule has 0 radical (unpaired) electrons. The number of hydrogen-bond acceptors (Lipinski definition) is 8. The second kappa shape index (κ2) is 15.2. The summed E-state index contributed by atoms with van der Waals surface area (Å²) in [4.78, 5) is 11.9. The molecule has 8 heteroatoms. The summed E-state index contributed by atoms with van der Waals surface area (Å²) in [7, 11) is 1.67. The summed E-state index contributed by atoms with van der Waals surface area (Å²) < 4.78 is 23.3. The van der Waals surface area contributed by atoms with Crippen molar-refractivity contribution in [1.82, 2.24) is 14.9 Å². The van der Waals surface area contributed by atoms with Crippen LogP contribution >= 0.6 is 0 Å². The second-order valence-electron chi connectivity index (χ2n) is 11.8. The van der Waals surface area contributed by atoms with Gasteiger partial charge in [-0.25, -0.2) is 9.97 Å². The van der Waals surface area contributed by atoms with Crippen molar-refractivity contribution >= 4 is 0 Å². The highest BCUT2D eigenvalue weighted by Gasteiger charge is 2.21. The minimum absolute atomic E-state index is 0.0728. The van der Waals surface area contributed by atoms with Crippen molar-refractivity contribution < 1.29 is 18.9 Å². The van der Waals surface area contributed by atoms with Crippen molar-refractivity contribution in [3.05, 3.63) is 65.6 Å². The maximum absolute atomic E-state index is 9.80. The van der Waals surface area contributed by atoms with E-state index in [9.17, 15) is 5.26 Å². The van der Waals surface area contributed by atoms with Gasteiger partial charge in [-0.2, -0.15) is 5.26 Å². The highest BCUT2D eigenvalue weighted by Crippen LogP contribution is 2.31. The molecule has 0 bridgehead atoms. The fraction of sp³-hybridized carbons (Fsp3) is 0.514. The van der Waals surface area contributed by atoms with Gasteiger partial charge in [-0.3, -0.25) is 0 Å². The first-order chi connectivity index (χ1) is 21.0. The van der Waals surface area contributed by atoms with E-state index in [2.05, 4.69) is 29.8 Å². The first-order valence-corrected chi connectivity index (χ1v) is 15.7. The lowest BCUT2D eigenvalue weighted by Gasteiger charge is -2.34. The van der Waals surface area contributed by atoms with Crippen LogP contribution in [0.4, 0.5) is 0 Å². The van der Waals surface area contributed by atoms with Crippen molar-refractivity contribution in [3.63, 3.8) is 0 Å². The number of rotatable bonds is 12. The summed E-state index contributed by atoms with van der Waals surface area (Å²) in [6.07, 6.45) is 8.85. The predicted molar refractivity (Wildman–Crippen MR) is 167 cm³/mol. The molecule has 0 amide bonds. The first kappa shape index (κ1) is 30.8. The zero-order chi connectivity index (χ0) is 30.0. The fourth-order valence-corrected chi connectivity index (χ4v) is 5.94. The van der Waals surface area contributed by atoms with Crippen LogP contribution in [0, 0.1) is 17.2 Å². The first-order valence-electron chi connectivity index (χ1n) is 15.7. The molecule has 228 valence electrons. The van der Waals surface area contributed by atoms with E-state index < -0.39 is 0 Å². The van der Waals surface area contributed by atoms with Gasteiger partial charge >= 0.3 is 0 Å². The largest absolute Gasteiger partial charge is 0.493 e. The highest BCUT2D eigenvalue weighted by atomic mass is 16.5. The molecule has 8 nitrogen and oxygen atoms in total. The molecule has 2 aliphatic rings. The van der Waals surface area contributed by atoms with Crippen molar-refractivity contribution in [3.8, 4) is 34.6 Å². The summed E-state index contributed by atoms with van der Waals surface area (Å²) in [5.41, 5.74) is 3.17. The van der Waals surface area contributed by atoms with Crippen LogP contribution in [0.2, 0.25) is 0 Å². The summed E-state index contributed by atoms with van der Waals surface area (Å²) in [5, 5.41) is 9.80. The molecule has 0 N–H and O–H groups in total. The molecular weight excluding hydrogens is 540 g/mol. The van der Waals surface area contributed by atoms with E-state index in [0.717, 1.165) is 53.5 Å². The van der Waals surface area contributed by atoms with Gasteiger partial charge in [0.25, 0.3) is 0 Å². The Morgan fingerprint density at radius 2 is 1.79 bits per heavy atom. The number of nitriles is 1. The SMILES string of the molecule is COc1ccc(Cc2nccc(-c3ccc(OC4CCOCC4)c(C#N)c3)n2)cc1OCCCC1CCN(C(C)C)CC1. The number of piperidine rings is 1. The molecule has 5 rings (SSSR count). The number of methoxy groups -OCH3 is 1. The number of benzene rings is 2. The monoisotopic (exact) mass is 584 g/mol. The Kier molecular flexibility index (Phi) is 10.9. The third-order valence-corrected chi connectivity index (χ3v) is 8.55. The van der Waals surface area contributed by atoms with E-state index in [1.54, 1.807) is 13.3 Å². The van der Waals surface area contributed by atoms with Gasteiger partial charge in [-0.15, -0.1) is 0 Å². The number of hydrogen-bond donors (Lipinski definition) is 0. The van der Waals surface area contributed by atoms with Crippen LogP contribution < -0.4 is 14.2 Å². The van der Waals surface area contributed by atoms with Gasteiger partial charge in [0.05, 0.1) is 38.2 Å². The summed E-state index contributed by atoms with van der Waals surface area (Å²) >= 11 is 0. The molecule has 2 fully saturated rings. The Labute approximate surface area is 256 Å². The summed E-state index contributed by atoms with van der Waals surface area (Å²) in [6, 6.07) is 16.5. The molecule has 0 saturated carbocycles. The van der Waals surface area contributed by atoms with Gasteiger partial charge in [0.2, 0.25) is 0 Å². The molecule has 0 spiro atoms. The lowest BCUT2D eigenvalue weighted by molar-refractivity contribution is 0.0254. The summed E-state index contributed by atoms with van der Waals surface area (Å²) in [5.74, 6) is 3.58. The molecule has 2 aliphatic heterocycles. The van der Waals surface area contributed by atoms with Gasteiger partial charge in [0, 0.05) is 37.1 Å². The van der Waals surface area contributed by atoms with Crippen LogP contribution in [-0.2, 0) is 11.2 Å². The topological polar surface area (TPSA) is 89.7 Å². The zero-order valence-electron chi connectivity index (χ0n) is 25.8. The van der Waals surface area contributed by atoms with Gasteiger partial charge in [-0.1, -0.05) is 6.07 Å². The Bertz CT molecular complexity index is 1370. The summed E-state index contributed by atoms with van der Waals surface area (Å²) in [6.45, 7) is 9.03. The zero-order valence-corrected chi connectivity index (χ0v) is 25.8. The Hall–Kier alpha value is -3.67. The number of nitrogens with zero attached hydrogens (tertiary/aromatic N) is 4. The van der Waals surface area contributed by atoms with E-state index >= 15 is 0 Å². The average molecular weight is 585 g/mol. The number of ether oxygens (including phenoxy) is 4. The molecule has 3 aromatic rings. The van der Waals surface area contributed by atoms with Crippen molar-refractivity contribution in [1.29, 1.82) is 5.26 Å². The van der Waals surface area contributed by atoms with Crippen LogP contribution in [0.3, 0.4) is 0 Å². The molecule has 1 aromatic heterocycles. The maximum atomic E-state index is 9.80. The van der Waals surface area contributed by atoms with E-state index in [0.29, 0.717) is 49.4 Å². The van der Waals surface area contributed by atoms with Crippen LogP contribution in [0.5, 0.6) is 17.2 Å². The van der Waals surface area contributed by atoms with Crippen LogP contribution in [0.25, 0.3) is 11.3 Å². The third-order valence-electron chi connectivity index (χ3n) is 8.55. The van der Waals surface area contributed by atoms with E-state index in [1.807, 2.05) is 42.5 Å². The number of aromatic nitrogens is 2. The Balaban J connectivity index is 1.19. The van der Waals surface area contributed by atoms with E-state index in [1.165, 1.54) is 32.4 Å². The molecular formula is C35H44N4O4. The Morgan fingerprint density at radius 3 is 2.53 bits per heavy atom. The quantitative estimate of drug-likeness (QED) is 0.224. The normalized spacial score (nSPS) is 16.6. The maximum Gasteiger partial charge on any atom is 0.161 e. The van der Waals surface area contributed by atoms with E-state index in [4.69, 9.17) is 23.9 Å². The minimum atomic E-state index is 0.0728. The van der Waals surface area contributed by atoms with Crippen LogP contribution in [0.1, 0.15) is 69.3 Å². The third kappa shape index (κ3) is 8.46. The Morgan fingerprint density at radius 1 is 1.00 bits per heavy atom. The minimum Gasteiger partial charge on any atom is -0.493 e. The fourth-order valence-electron chi connectivity index (χ4n) is 5.94. The average Bonchev–Trinajstić information content (AvgIpc) is 3.04. The lowest BCUT2D eigenvalue weighted by Crippen LogP contribution is -2.38. The second-order valence-corrected chi connectivity index (χ2v) is 11.8. The lowest BCUT2D eigenvalue weighted by atomic mass is 9.92. The molecule has 0 unspecified atom stereocenters. The predicted octanol–water partition coefficient (Wildman–Crippen LogP) is 6.45. The molecule has 0 atom stereocenters. The van der Waals surface area contributed by atoms with Crippen molar-refractivity contribution in [2.45, 2.75) is 70.9 Å². The molecule has 3 heterocycles. The molecule has 2 saturated heterocycles. The molecule has 0 aliphatic carbocycles. The molecule has 2 aromatic carbocycles. The van der Waals surface area contributed by atoms with Crippen LogP contribution in [-0.4, -0.2) is 67.0 Å². The van der Waals surface area contributed by atoms with Crippen molar-refractivity contribution in [2.75, 3.05) is 40.0 Å². The van der Waals surface area contributed by atoms with Crippen molar-refractivity contribution in [2.24, 2.45) is 5.92 Å². The van der Waals surface area contributed by atoms with Crippen LogP contribution in [0.15, 0.2) is 48.7 Å². The standard InChI is InChI=1S/C35H44N4O4/c1-25(2)39-16-11-26(12-17-39)5-4-18-42-34-21-27(6-8-33(34)40-3)22-35-37-15-10-31(38-35)28-7-9-32(29(23-28)24-36)43-30-13-19-41-20-14-30/h6-10,15,21,23,25-26,30H,4-5,11-14,16-20,22H2,1-3H3. The number of likely N-dealkylation sites (tertiary alicyclic amines) is 1. The van der Waals surface area contributed by atoms with Gasteiger partial charge < -0.3 is 23.8 Å². The molecule has 43 heavy (non-hydrogen) atoms. The van der Waals surface area contributed by atoms with E-state index in [-0.39, 0.29) is 6.10 Å². The smallest absolute Gasteiger partial charge is 0.161 e.